The van der Waals surface area contributed by atoms with Gasteiger partial charge in [0, 0.05) is 19.4 Å². The van der Waals surface area contributed by atoms with Gasteiger partial charge in [0.1, 0.15) is 6.61 Å². The topological polar surface area (TPSA) is 134 Å². The maximum Gasteiger partial charge on any atom is 0.472 e. The number of nitrogens with two attached hydrogens (primary N) is 1. The van der Waals surface area contributed by atoms with E-state index in [0.717, 1.165) is 44.9 Å². The van der Waals surface area contributed by atoms with Gasteiger partial charge in [-0.3, -0.25) is 18.6 Å². The molecule has 0 aliphatic rings. The Bertz CT molecular complexity index is 664. The number of unbranched alkanes of at least 4 members (excludes halogenated alkanes) is 18. The monoisotopic (exact) mass is 607 g/mol. The molecule has 0 rings (SSSR count). The maximum atomic E-state index is 12.4. The molecule has 9 nitrogen and oxygen atoms in total. The molecule has 3 N–H and O–H groups in total. The summed E-state index contributed by atoms with van der Waals surface area (Å²) in [4.78, 5) is 34.2. The summed E-state index contributed by atoms with van der Waals surface area (Å²) in [5, 5.41) is 0. The average molecular weight is 608 g/mol. The summed E-state index contributed by atoms with van der Waals surface area (Å²) < 4.78 is 32.3. The van der Waals surface area contributed by atoms with E-state index < -0.39 is 32.5 Å². The van der Waals surface area contributed by atoms with E-state index in [2.05, 4.69) is 13.8 Å². The van der Waals surface area contributed by atoms with Gasteiger partial charge in [-0.25, -0.2) is 4.57 Å². The summed E-state index contributed by atoms with van der Waals surface area (Å²) in [6.07, 6.45) is 23.2. The quantitative estimate of drug-likeness (QED) is 0.0454. The van der Waals surface area contributed by atoms with Crippen molar-refractivity contribution in [2.45, 2.75) is 161 Å². The smallest absolute Gasteiger partial charge is 0.462 e. The minimum absolute atomic E-state index is 0.0570. The van der Waals surface area contributed by atoms with Gasteiger partial charge in [0.25, 0.3) is 0 Å². The van der Waals surface area contributed by atoms with E-state index in [1.165, 1.54) is 77.0 Å². The van der Waals surface area contributed by atoms with Crippen LogP contribution < -0.4 is 5.73 Å². The largest absolute Gasteiger partial charge is 0.472 e. The third-order valence-corrected chi connectivity index (χ3v) is 7.98. The van der Waals surface area contributed by atoms with Gasteiger partial charge in [-0.2, -0.15) is 0 Å². The van der Waals surface area contributed by atoms with Crippen LogP contribution in [-0.4, -0.2) is 49.3 Å². The van der Waals surface area contributed by atoms with Gasteiger partial charge in [0.2, 0.25) is 0 Å². The standard InChI is InChI=1S/C31H62NO8P/c1-3-5-7-9-10-11-12-13-14-15-16-17-18-20-22-24-31(34)40-29(28-39-41(35,36)38-26-25-32)27-37-30(33)23-21-19-8-6-4-2/h29H,3-28,32H2,1-2H3,(H,35,36)/t29-/m0/s1. The van der Waals surface area contributed by atoms with Gasteiger partial charge in [0.15, 0.2) is 6.10 Å². The van der Waals surface area contributed by atoms with Crippen LogP contribution in [0.5, 0.6) is 0 Å². The SMILES string of the molecule is CCCCCCCCCCCCCCCCCC(=O)O[C@@H](COC(=O)CCCCCCC)COP(=O)(O)OCCN. The highest BCUT2D eigenvalue weighted by atomic mass is 31.2. The molecule has 0 saturated heterocycles. The van der Waals surface area contributed by atoms with Crippen LogP contribution in [0.1, 0.15) is 155 Å². The minimum atomic E-state index is -4.35. The van der Waals surface area contributed by atoms with E-state index in [1.807, 2.05) is 0 Å². The summed E-state index contributed by atoms with van der Waals surface area (Å²) in [5.41, 5.74) is 5.30. The highest BCUT2D eigenvalue weighted by Gasteiger charge is 2.25. The molecule has 244 valence electrons. The number of carbonyl (C=O) groups is 2. The zero-order valence-corrected chi connectivity index (χ0v) is 27.2. The van der Waals surface area contributed by atoms with Crippen molar-refractivity contribution in [1.29, 1.82) is 0 Å². The molecule has 0 fully saturated rings. The first-order chi connectivity index (χ1) is 19.8. The Morgan fingerprint density at radius 2 is 1.05 bits per heavy atom. The van der Waals surface area contributed by atoms with Gasteiger partial charge in [-0.05, 0) is 12.8 Å². The van der Waals surface area contributed by atoms with E-state index >= 15 is 0 Å². The van der Waals surface area contributed by atoms with Gasteiger partial charge in [0.05, 0.1) is 13.2 Å². The van der Waals surface area contributed by atoms with Crippen molar-refractivity contribution >= 4 is 19.8 Å². The Hall–Kier alpha value is -0.990. The normalized spacial score (nSPS) is 13.6. The molecule has 0 aliphatic heterocycles. The Labute approximate surface area is 250 Å². The second-order valence-corrected chi connectivity index (χ2v) is 12.5. The number of esters is 2. The van der Waals surface area contributed by atoms with Crippen molar-refractivity contribution in [3.8, 4) is 0 Å². The van der Waals surface area contributed by atoms with Crippen molar-refractivity contribution in [2.24, 2.45) is 5.73 Å². The van der Waals surface area contributed by atoms with Crippen LogP contribution in [0.25, 0.3) is 0 Å². The molecule has 0 amide bonds. The molecule has 1 unspecified atom stereocenters. The van der Waals surface area contributed by atoms with E-state index in [-0.39, 0.29) is 32.6 Å². The molecule has 0 radical (unpaired) electrons. The average Bonchev–Trinajstić information content (AvgIpc) is 2.95. The highest BCUT2D eigenvalue weighted by molar-refractivity contribution is 7.47. The van der Waals surface area contributed by atoms with Crippen LogP contribution in [0.15, 0.2) is 0 Å². The Kier molecular flexibility index (Phi) is 28.4. The fraction of sp³-hybridized carbons (Fsp3) is 0.935. The first kappa shape index (κ1) is 40.0. The third kappa shape index (κ3) is 28.9. The first-order valence-electron chi connectivity index (χ1n) is 16.5. The highest BCUT2D eigenvalue weighted by Crippen LogP contribution is 2.43. The van der Waals surface area contributed by atoms with Crippen molar-refractivity contribution in [2.75, 3.05) is 26.4 Å². The number of carbonyl (C=O) groups excluding carboxylic acids is 2. The predicted octanol–water partition coefficient (Wildman–Crippen LogP) is 8.16. The summed E-state index contributed by atoms with van der Waals surface area (Å²) >= 11 is 0. The molecule has 41 heavy (non-hydrogen) atoms. The number of hydrogen-bond acceptors (Lipinski definition) is 8. The molecule has 0 spiro atoms. The van der Waals surface area contributed by atoms with Crippen LogP contribution >= 0.6 is 7.82 Å². The summed E-state index contributed by atoms with van der Waals surface area (Å²) in [6.45, 7) is 3.63. The fourth-order valence-electron chi connectivity index (χ4n) is 4.52. The van der Waals surface area contributed by atoms with Crippen molar-refractivity contribution in [3.05, 3.63) is 0 Å². The maximum absolute atomic E-state index is 12.4. The first-order valence-corrected chi connectivity index (χ1v) is 18.0. The second-order valence-electron chi connectivity index (χ2n) is 11.0. The number of hydrogen-bond donors (Lipinski definition) is 2. The van der Waals surface area contributed by atoms with Crippen molar-refractivity contribution in [1.82, 2.24) is 0 Å². The summed E-state index contributed by atoms with van der Waals surface area (Å²) in [6, 6.07) is 0. The Morgan fingerprint density at radius 3 is 1.49 bits per heavy atom. The molecular formula is C31H62NO8P. The van der Waals surface area contributed by atoms with Crippen LogP contribution in [0.3, 0.4) is 0 Å². The lowest BCUT2D eigenvalue weighted by molar-refractivity contribution is -0.161. The molecule has 0 aromatic heterocycles. The third-order valence-electron chi connectivity index (χ3n) is 6.99. The molecular weight excluding hydrogens is 545 g/mol. The van der Waals surface area contributed by atoms with Gasteiger partial charge < -0.3 is 20.1 Å². The van der Waals surface area contributed by atoms with E-state index in [9.17, 15) is 19.0 Å². The fourth-order valence-corrected chi connectivity index (χ4v) is 5.28. The Morgan fingerprint density at radius 1 is 0.634 bits per heavy atom. The number of ether oxygens (including phenoxy) is 2. The Balaban J connectivity index is 4.15. The van der Waals surface area contributed by atoms with Crippen molar-refractivity contribution < 1.29 is 37.6 Å². The van der Waals surface area contributed by atoms with Crippen LogP contribution in [0, 0.1) is 0 Å². The molecule has 0 saturated carbocycles. The molecule has 10 heteroatoms. The molecule has 0 heterocycles. The van der Waals surface area contributed by atoms with Gasteiger partial charge in [-0.15, -0.1) is 0 Å². The van der Waals surface area contributed by atoms with Gasteiger partial charge in [-0.1, -0.05) is 129 Å². The molecule has 2 atom stereocenters. The zero-order chi connectivity index (χ0) is 30.4. The predicted molar refractivity (Wildman–Crippen MR) is 165 cm³/mol. The van der Waals surface area contributed by atoms with E-state index in [4.69, 9.17) is 24.3 Å². The number of phosphoric ester groups is 1. The molecule has 0 aliphatic carbocycles. The van der Waals surface area contributed by atoms with E-state index in [0.29, 0.717) is 6.42 Å². The van der Waals surface area contributed by atoms with E-state index in [1.54, 1.807) is 0 Å². The van der Waals surface area contributed by atoms with Gasteiger partial charge >= 0.3 is 19.8 Å². The molecule has 0 aromatic carbocycles. The van der Waals surface area contributed by atoms with Crippen LogP contribution in [0.2, 0.25) is 0 Å². The molecule has 0 aromatic rings. The van der Waals surface area contributed by atoms with Crippen LogP contribution in [0.4, 0.5) is 0 Å². The second kappa shape index (κ2) is 29.1. The number of rotatable bonds is 31. The lowest BCUT2D eigenvalue weighted by Crippen LogP contribution is -2.29. The van der Waals surface area contributed by atoms with Crippen LogP contribution in [-0.2, 0) is 32.7 Å². The van der Waals surface area contributed by atoms with Crippen molar-refractivity contribution in [3.63, 3.8) is 0 Å². The minimum Gasteiger partial charge on any atom is -0.462 e. The lowest BCUT2D eigenvalue weighted by atomic mass is 10.0. The zero-order valence-electron chi connectivity index (χ0n) is 26.3. The summed E-state index contributed by atoms with van der Waals surface area (Å²) in [5.74, 6) is -0.837. The molecule has 0 bridgehead atoms. The lowest BCUT2D eigenvalue weighted by Gasteiger charge is -2.19. The summed E-state index contributed by atoms with van der Waals surface area (Å²) in [7, 11) is -4.35. The number of phosphoric acid groups is 1.